The van der Waals surface area contributed by atoms with Gasteiger partial charge in [0.05, 0.1) is 13.7 Å². The average Bonchev–Trinajstić information content (AvgIpc) is 2.30. The van der Waals surface area contributed by atoms with Crippen molar-refractivity contribution in [2.75, 3.05) is 27.4 Å². The number of hydrogen-bond donors (Lipinski definition) is 0. The molecule has 1 aromatic rings. The van der Waals surface area contributed by atoms with Crippen molar-refractivity contribution in [2.24, 2.45) is 0 Å². The predicted octanol–water partition coefficient (Wildman–Crippen LogP) is 1.86. The van der Waals surface area contributed by atoms with E-state index in [0.29, 0.717) is 18.1 Å². The van der Waals surface area contributed by atoms with Gasteiger partial charge in [0.25, 0.3) is 0 Å². The van der Waals surface area contributed by atoms with Crippen molar-refractivity contribution in [1.29, 1.82) is 0 Å². The first-order valence-electron chi connectivity index (χ1n) is 4.74. The highest BCUT2D eigenvalue weighted by atomic mass is 16.7. The van der Waals surface area contributed by atoms with Gasteiger partial charge in [-0.05, 0) is 24.3 Å². The lowest BCUT2D eigenvalue weighted by Crippen LogP contribution is -2.13. The van der Waals surface area contributed by atoms with Gasteiger partial charge in [0.1, 0.15) is 18.1 Å². The molecule has 1 rings (SSSR count). The van der Waals surface area contributed by atoms with Crippen LogP contribution in [0.5, 0.6) is 11.5 Å². The highest BCUT2D eigenvalue weighted by Gasteiger charge is 2.05. The van der Waals surface area contributed by atoms with E-state index in [4.69, 9.17) is 18.9 Å². The maximum Gasteiger partial charge on any atom is 0.513 e. The van der Waals surface area contributed by atoms with E-state index >= 15 is 0 Å². The van der Waals surface area contributed by atoms with Crippen LogP contribution in [-0.4, -0.2) is 33.6 Å². The molecular formula is C11H14O5. The highest BCUT2D eigenvalue weighted by molar-refractivity contribution is 5.63. The van der Waals surface area contributed by atoms with Crippen molar-refractivity contribution in [2.45, 2.75) is 0 Å². The number of rotatable bonds is 5. The Morgan fingerprint density at radius 2 is 1.69 bits per heavy atom. The molecule has 16 heavy (non-hydrogen) atoms. The lowest BCUT2D eigenvalue weighted by molar-refractivity contribution is 0.0685. The molecule has 0 atom stereocenters. The summed E-state index contributed by atoms with van der Waals surface area (Å²) in [6.45, 7) is 0.517. The molecular weight excluding hydrogens is 212 g/mol. The van der Waals surface area contributed by atoms with E-state index in [0.717, 1.165) is 0 Å². The minimum absolute atomic E-state index is 0.172. The summed E-state index contributed by atoms with van der Waals surface area (Å²) in [5, 5.41) is 0. The van der Waals surface area contributed by atoms with E-state index in [1.54, 1.807) is 31.4 Å². The minimum atomic E-state index is -0.748. The SMILES string of the molecule is COCCOC(=O)Oc1ccc(OC)cc1. The lowest BCUT2D eigenvalue weighted by atomic mass is 10.3. The fraction of sp³-hybridized carbons (Fsp3) is 0.364. The summed E-state index contributed by atoms with van der Waals surface area (Å²) in [6.07, 6.45) is -0.748. The Labute approximate surface area is 93.9 Å². The van der Waals surface area contributed by atoms with Crippen LogP contribution in [0.1, 0.15) is 0 Å². The lowest BCUT2D eigenvalue weighted by Gasteiger charge is -2.05. The second-order valence-electron chi connectivity index (χ2n) is 2.87. The molecule has 0 radical (unpaired) electrons. The zero-order valence-electron chi connectivity index (χ0n) is 9.26. The summed E-state index contributed by atoms with van der Waals surface area (Å²) in [6, 6.07) is 6.63. The number of carbonyl (C=O) groups excluding carboxylic acids is 1. The molecule has 5 heteroatoms. The molecule has 1 aromatic carbocycles. The van der Waals surface area contributed by atoms with Crippen molar-refractivity contribution >= 4 is 6.16 Å². The molecule has 0 aliphatic heterocycles. The Hall–Kier alpha value is -1.75. The number of benzene rings is 1. The first-order valence-corrected chi connectivity index (χ1v) is 4.74. The Morgan fingerprint density at radius 3 is 2.25 bits per heavy atom. The monoisotopic (exact) mass is 226 g/mol. The number of methoxy groups -OCH3 is 2. The molecule has 0 spiro atoms. The van der Waals surface area contributed by atoms with Crippen LogP contribution in [0.25, 0.3) is 0 Å². The Bertz CT molecular complexity index is 320. The number of carbonyl (C=O) groups is 1. The molecule has 0 fully saturated rings. The zero-order chi connectivity index (χ0) is 11.8. The molecule has 0 aliphatic rings. The van der Waals surface area contributed by atoms with E-state index in [1.807, 2.05) is 0 Å². The summed E-state index contributed by atoms with van der Waals surface area (Å²) in [5.74, 6) is 1.10. The van der Waals surface area contributed by atoms with Crippen molar-refractivity contribution in [3.05, 3.63) is 24.3 Å². The van der Waals surface area contributed by atoms with E-state index in [2.05, 4.69) is 0 Å². The van der Waals surface area contributed by atoms with Gasteiger partial charge in [0.15, 0.2) is 0 Å². The molecule has 0 aromatic heterocycles. The third-order valence-electron chi connectivity index (χ3n) is 1.77. The van der Waals surface area contributed by atoms with Crippen molar-refractivity contribution < 1.29 is 23.7 Å². The summed E-state index contributed by atoms with van der Waals surface area (Å²) in [7, 11) is 3.09. The van der Waals surface area contributed by atoms with Gasteiger partial charge in [-0.3, -0.25) is 0 Å². The quantitative estimate of drug-likeness (QED) is 0.435. The average molecular weight is 226 g/mol. The third kappa shape index (κ3) is 4.18. The maximum atomic E-state index is 11.1. The molecule has 0 bridgehead atoms. The molecule has 0 N–H and O–H groups in total. The fourth-order valence-corrected chi connectivity index (χ4v) is 0.978. The Morgan fingerprint density at radius 1 is 1.06 bits per heavy atom. The van der Waals surface area contributed by atoms with Crippen LogP contribution in [0.4, 0.5) is 4.79 Å². The molecule has 0 heterocycles. The third-order valence-corrected chi connectivity index (χ3v) is 1.77. The van der Waals surface area contributed by atoms with Crippen LogP contribution in [0.3, 0.4) is 0 Å². The van der Waals surface area contributed by atoms with Crippen molar-refractivity contribution in [3.63, 3.8) is 0 Å². The number of hydrogen-bond acceptors (Lipinski definition) is 5. The standard InChI is InChI=1S/C11H14O5/c1-13-7-8-15-11(12)16-10-5-3-9(14-2)4-6-10/h3-6H,7-8H2,1-2H3. The van der Waals surface area contributed by atoms with Gasteiger partial charge in [-0.2, -0.15) is 0 Å². The van der Waals surface area contributed by atoms with Crippen LogP contribution >= 0.6 is 0 Å². The first-order chi connectivity index (χ1) is 7.76. The molecule has 0 saturated heterocycles. The molecule has 88 valence electrons. The van der Waals surface area contributed by atoms with E-state index in [-0.39, 0.29) is 6.61 Å². The highest BCUT2D eigenvalue weighted by Crippen LogP contribution is 2.17. The molecule has 0 amide bonds. The second-order valence-corrected chi connectivity index (χ2v) is 2.87. The van der Waals surface area contributed by atoms with Crippen molar-refractivity contribution in [3.8, 4) is 11.5 Å². The van der Waals surface area contributed by atoms with Gasteiger partial charge in [-0.1, -0.05) is 0 Å². The minimum Gasteiger partial charge on any atom is -0.497 e. The smallest absolute Gasteiger partial charge is 0.497 e. The molecule has 5 nitrogen and oxygen atoms in total. The molecule has 0 unspecified atom stereocenters. The van der Waals surface area contributed by atoms with E-state index < -0.39 is 6.16 Å². The van der Waals surface area contributed by atoms with Crippen molar-refractivity contribution in [1.82, 2.24) is 0 Å². The Balaban J connectivity index is 2.37. The van der Waals surface area contributed by atoms with Crippen LogP contribution in [-0.2, 0) is 9.47 Å². The largest absolute Gasteiger partial charge is 0.513 e. The molecule has 0 saturated carbocycles. The summed E-state index contributed by atoms with van der Waals surface area (Å²) < 4.78 is 19.3. The van der Waals surface area contributed by atoms with Gasteiger partial charge < -0.3 is 18.9 Å². The van der Waals surface area contributed by atoms with Gasteiger partial charge in [0.2, 0.25) is 0 Å². The summed E-state index contributed by atoms with van der Waals surface area (Å²) in [5.41, 5.74) is 0. The first kappa shape index (κ1) is 12.3. The summed E-state index contributed by atoms with van der Waals surface area (Å²) in [4.78, 5) is 11.1. The predicted molar refractivity (Wildman–Crippen MR) is 56.8 cm³/mol. The van der Waals surface area contributed by atoms with Crippen LogP contribution in [0, 0.1) is 0 Å². The summed E-state index contributed by atoms with van der Waals surface area (Å²) >= 11 is 0. The van der Waals surface area contributed by atoms with Crippen LogP contribution < -0.4 is 9.47 Å². The topological polar surface area (TPSA) is 54.0 Å². The van der Waals surface area contributed by atoms with E-state index in [9.17, 15) is 4.79 Å². The van der Waals surface area contributed by atoms with E-state index in [1.165, 1.54) is 7.11 Å². The van der Waals surface area contributed by atoms with Gasteiger partial charge in [0, 0.05) is 7.11 Å². The Kier molecular flexibility index (Phi) is 5.15. The van der Waals surface area contributed by atoms with Crippen LogP contribution in [0.15, 0.2) is 24.3 Å². The fourth-order valence-electron chi connectivity index (χ4n) is 0.978. The van der Waals surface area contributed by atoms with Gasteiger partial charge >= 0.3 is 6.16 Å². The normalized spacial score (nSPS) is 9.62. The zero-order valence-corrected chi connectivity index (χ0v) is 9.26. The van der Waals surface area contributed by atoms with Crippen LogP contribution in [0.2, 0.25) is 0 Å². The number of ether oxygens (including phenoxy) is 4. The maximum absolute atomic E-state index is 11.1. The molecule has 0 aliphatic carbocycles. The second kappa shape index (κ2) is 6.68. The van der Waals surface area contributed by atoms with Gasteiger partial charge in [-0.25, -0.2) is 4.79 Å². The van der Waals surface area contributed by atoms with Gasteiger partial charge in [-0.15, -0.1) is 0 Å².